The van der Waals surface area contributed by atoms with Crippen molar-refractivity contribution in [2.45, 2.75) is 0 Å². The van der Waals surface area contributed by atoms with E-state index in [-0.39, 0.29) is 0 Å². The lowest BCUT2D eigenvalue weighted by molar-refractivity contribution is 1.14. The first-order valence-electron chi connectivity index (χ1n) is 17.5. The first kappa shape index (κ1) is 28.0. The molecule has 238 valence electrons. The van der Waals surface area contributed by atoms with Crippen LogP contribution in [0.25, 0.3) is 93.6 Å². The van der Waals surface area contributed by atoms with Crippen LogP contribution < -0.4 is 0 Å². The molecule has 0 bridgehead atoms. The number of hydrogen-bond acceptors (Lipinski definition) is 0. The maximum atomic E-state index is 2.52. The highest BCUT2D eigenvalue weighted by Crippen LogP contribution is 2.43. The average Bonchev–Trinajstić information content (AvgIpc) is 3.84. The molecule has 0 fully saturated rings. The molecule has 11 rings (SSSR count). The van der Waals surface area contributed by atoms with Crippen molar-refractivity contribution in [1.29, 1.82) is 0 Å². The van der Waals surface area contributed by atoms with Gasteiger partial charge in [-0.05, 0) is 65.7 Å². The SMILES string of the molecule is c1ccc(-c2cccc(-n3c4ccccc4c4c(-n5c6ccccc6c6cccc(-n7c8ccccc8c8ccccc87)c65)cccc43)c2)cc1. The van der Waals surface area contributed by atoms with E-state index in [2.05, 4.69) is 202 Å². The van der Waals surface area contributed by atoms with Crippen molar-refractivity contribution in [2.24, 2.45) is 0 Å². The molecule has 0 unspecified atom stereocenters. The fourth-order valence-electron chi connectivity index (χ4n) is 8.53. The van der Waals surface area contributed by atoms with E-state index >= 15 is 0 Å². The molecule has 0 radical (unpaired) electrons. The number of benzene rings is 8. The average molecular weight is 650 g/mol. The van der Waals surface area contributed by atoms with Gasteiger partial charge in [0.05, 0.1) is 44.5 Å². The van der Waals surface area contributed by atoms with Gasteiger partial charge in [0.25, 0.3) is 0 Å². The van der Waals surface area contributed by atoms with Gasteiger partial charge in [0.1, 0.15) is 0 Å². The minimum Gasteiger partial charge on any atom is -0.309 e. The molecule has 0 spiro atoms. The Morgan fingerprint density at radius 1 is 0.275 bits per heavy atom. The van der Waals surface area contributed by atoms with E-state index in [0.717, 1.165) is 11.4 Å². The van der Waals surface area contributed by atoms with Crippen molar-refractivity contribution < 1.29 is 0 Å². The van der Waals surface area contributed by atoms with Gasteiger partial charge in [-0.15, -0.1) is 0 Å². The van der Waals surface area contributed by atoms with E-state index in [1.54, 1.807) is 0 Å². The second kappa shape index (κ2) is 10.8. The lowest BCUT2D eigenvalue weighted by Gasteiger charge is -2.15. The van der Waals surface area contributed by atoms with Gasteiger partial charge in [0, 0.05) is 38.0 Å². The molecule has 11 aromatic rings. The number of hydrogen-bond donors (Lipinski definition) is 0. The van der Waals surface area contributed by atoms with E-state index in [4.69, 9.17) is 0 Å². The van der Waals surface area contributed by atoms with E-state index in [9.17, 15) is 0 Å². The van der Waals surface area contributed by atoms with E-state index < -0.39 is 0 Å². The number of para-hydroxylation sites is 5. The van der Waals surface area contributed by atoms with Crippen LogP contribution in [0.4, 0.5) is 0 Å². The summed E-state index contributed by atoms with van der Waals surface area (Å²) in [6, 6.07) is 68.4. The lowest BCUT2D eigenvalue weighted by Crippen LogP contribution is -2.01. The van der Waals surface area contributed by atoms with Gasteiger partial charge >= 0.3 is 0 Å². The van der Waals surface area contributed by atoms with E-state index in [1.165, 1.54) is 82.2 Å². The van der Waals surface area contributed by atoms with Crippen molar-refractivity contribution in [3.63, 3.8) is 0 Å². The zero-order chi connectivity index (χ0) is 33.5. The maximum absolute atomic E-state index is 2.52. The van der Waals surface area contributed by atoms with Crippen LogP contribution in [0.2, 0.25) is 0 Å². The highest BCUT2D eigenvalue weighted by molar-refractivity contribution is 6.18. The highest BCUT2D eigenvalue weighted by Gasteiger charge is 2.23. The van der Waals surface area contributed by atoms with Gasteiger partial charge in [0.2, 0.25) is 0 Å². The summed E-state index contributed by atoms with van der Waals surface area (Å²) in [6.07, 6.45) is 0. The summed E-state index contributed by atoms with van der Waals surface area (Å²) in [6.45, 7) is 0. The van der Waals surface area contributed by atoms with Crippen molar-refractivity contribution in [1.82, 2.24) is 13.7 Å². The number of nitrogens with zero attached hydrogens (tertiary/aromatic N) is 3. The Kier molecular flexibility index (Phi) is 5.96. The molecule has 3 heterocycles. The molecule has 0 aliphatic rings. The number of fused-ring (bicyclic) bond motifs is 9. The standard InChI is InChI=1S/C48H31N3/c1-2-15-32(16-3-1)33-17-12-18-34(31-33)49-43-27-11-7-22-39(43)47-44(49)28-14-29-45(47)51-42-26-10-6-21-37(42)38-23-13-30-46(48(38)51)50-40-24-8-4-19-35(40)36-20-5-9-25-41(36)50/h1-31H. The van der Waals surface area contributed by atoms with Crippen molar-refractivity contribution in [2.75, 3.05) is 0 Å². The minimum atomic E-state index is 1.15. The minimum absolute atomic E-state index is 1.15. The predicted molar refractivity (Wildman–Crippen MR) is 215 cm³/mol. The Labute approximate surface area is 294 Å². The normalized spacial score (nSPS) is 11.9. The van der Waals surface area contributed by atoms with Gasteiger partial charge in [-0.3, -0.25) is 0 Å². The zero-order valence-corrected chi connectivity index (χ0v) is 27.7. The Morgan fingerprint density at radius 2 is 0.745 bits per heavy atom. The third-order valence-corrected chi connectivity index (χ3v) is 10.6. The van der Waals surface area contributed by atoms with E-state index in [0.29, 0.717) is 0 Å². The van der Waals surface area contributed by atoms with Gasteiger partial charge in [-0.2, -0.15) is 0 Å². The quantitative estimate of drug-likeness (QED) is 0.180. The smallest absolute Gasteiger partial charge is 0.0782 e. The zero-order valence-electron chi connectivity index (χ0n) is 27.7. The molecule has 8 aromatic carbocycles. The Bertz CT molecular complexity index is 3080. The first-order chi connectivity index (χ1) is 25.3. The molecule has 0 amide bonds. The monoisotopic (exact) mass is 649 g/mol. The highest BCUT2D eigenvalue weighted by atomic mass is 15.1. The van der Waals surface area contributed by atoms with Gasteiger partial charge in [-0.25, -0.2) is 0 Å². The fourth-order valence-corrected chi connectivity index (χ4v) is 8.53. The molecule has 3 heteroatoms. The maximum Gasteiger partial charge on any atom is 0.0782 e. The molecular weight excluding hydrogens is 619 g/mol. The topological polar surface area (TPSA) is 14.8 Å². The Morgan fingerprint density at radius 3 is 1.45 bits per heavy atom. The van der Waals surface area contributed by atoms with Crippen LogP contribution in [0.5, 0.6) is 0 Å². The van der Waals surface area contributed by atoms with Crippen LogP contribution in [0.1, 0.15) is 0 Å². The molecule has 0 saturated carbocycles. The molecule has 0 aliphatic carbocycles. The second-order valence-corrected chi connectivity index (χ2v) is 13.3. The molecule has 0 N–H and O–H groups in total. The van der Waals surface area contributed by atoms with Crippen LogP contribution in [-0.2, 0) is 0 Å². The summed E-state index contributed by atoms with van der Waals surface area (Å²) in [4.78, 5) is 0. The fraction of sp³-hybridized carbons (Fsp3) is 0. The third-order valence-electron chi connectivity index (χ3n) is 10.6. The third kappa shape index (κ3) is 4.00. The van der Waals surface area contributed by atoms with Crippen LogP contribution in [0.15, 0.2) is 188 Å². The van der Waals surface area contributed by atoms with Crippen molar-refractivity contribution >= 4 is 65.4 Å². The molecular formula is C48H31N3. The van der Waals surface area contributed by atoms with Crippen LogP contribution in [-0.4, -0.2) is 13.7 Å². The van der Waals surface area contributed by atoms with Crippen LogP contribution in [0.3, 0.4) is 0 Å². The van der Waals surface area contributed by atoms with Crippen molar-refractivity contribution in [3.05, 3.63) is 188 Å². The molecule has 51 heavy (non-hydrogen) atoms. The van der Waals surface area contributed by atoms with Crippen molar-refractivity contribution in [3.8, 4) is 28.2 Å². The Balaban J connectivity index is 1.27. The predicted octanol–water partition coefficient (Wildman–Crippen LogP) is 12.6. The second-order valence-electron chi connectivity index (χ2n) is 13.3. The van der Waals surface area contributed by atoms with Crippen LogP contribution in [0, 0.1) is 0 Å². The van der Waals surface area contributed by atoms with Crippen LogP contribution >= 0.6 is 0 Å². The summed E-state index contributed by atoms with van der Waals surface area (Å²) < 4.78 is 7.41. The van der Waals surface area contributed by atoms with Gasteiger partial charge < -0.3 is 13.7 Å². The number of aromatic nitrogens is 3. The molecule has 0 atom stereocenters. The summed E-state index contributed by atoms with van der Waals surface area (Å²) in [7, 11) is 0. The number of rotatable bonds is 4. The van der Waals surface area contributed by atoms with Gasteiger partial charge in [-0.1, -0.05) is 133 Å². The summed E-state index contributed by atoms with van der Waals surface area (Å²) in [5.74, 6) is 0. The first-order valence-corrected chi connectivity index (χ1v) is 17.5. The molecule has 3 aromatic heterocycles. The largest absolute Gasteiger partial charge is 0.309 e. The summed E-state index contributed by atoms with van der Waals surface area (Å²) in [5, 5.41) is 7.46. The van der Waals surface area contributed by atoms with E-state index in [1.807, 2.05) is 0 Å². The molecule has 0 saturated heterocycles. The van der Waals surface area contributed by atoms with Gasteiger partial charge in [0.15, 0.2) is 0 Å². The summed E-state index contributed by atoms with van der Waals surface area (Å²) in [5.41, 5.74) is 13.1. The summed E-state index contributed by atoms with van der Waals surface area (Å²) >= 11 is 0. The molecule has 3 nitrogen and oxygen atoms in total. The Hall–Kier alpha value is -6.84. The lowest BCUT2D eigenvalue weighted by atomic mass is 10.1. The molecule has 0 aliphatic heterocycles.